The molecule has 1 saturated heterocycles. The summed E-state index contributed by atoms with van der Waals surface area (Å²) in [6.07, 6.45) is 0. The Morgan fingerprint density at radius 2 is 1.95 bits per heavy atom. The minimum absolute atomic E-state index is 0.107. The fourth-order valence-corrected chi connectivity index (χ4v) is 2.43. The first kappa shape index (κ1) is 13.2. The van der Waals surface area contributed by atoms with Crippen LogP contribution in [0.1, 0.15) is 5.56 Å². The molecule has 0 aliphatic carbocycles. The van der Waals surface area contributed by atoms with Gasteiger partial charge in [-0.1, -0.05) is 40.6 Å². The Morgan fingerprint density at radius 1 is 1.16 bits per heavy atom. The van der Waals surface area contributed by atoms with Gasteiger partial charge in [-0.15, -0.1) is 0 Å². The SMILES string of the molecule is [N-]=[N+]=NC[C@H]1CN(Cc2ccccc2)C[C@H]1N=[N+]=[N-]. The van der Waals surface area contributed by atoms with E-state index in [1.165, 1.54) is 5.56 Å². The highest BCUT2D eigenvalue weighted by Crippen LogP contribution is 2.22. The van der Waals surface area contributed by atoms with E-state index >= 15 is 0 Å². The molecule has 0 N–H and O–H groups in total. The third kappa shape index (κ3) is 3.63. The molecule has 7 nitrogen and oxygen atoms in total. The maximum Gasteiger partial charge on any atom is 0.0543 e. The second-order valence-electron chi connectivity index (χ2n) is 4.63. The molecule has 98 valence electrons. The Bertz CT molecular complexity index is 502. The van der Waals surface area contributed by atoms with Crippen LogP contribution in [-0.2, 0) is 6.54 Å². The van der Waals surface area contributed by atoms with Gasteiger partial charge in [0.2, 0.25) is 0 Å². The van der Waals surface area contributed by atoms with Crippen LogP contribution >= 0.6 is 0 Å². The maximum atomic E-state index is 8.58. The third-order valence-electron chi connectivity index (χ3n) is 3.31. The number of hydrogen-bond acceptors (Lipinski definition) is 3. The topological polar surface area (TPSA) is 101 Å². The molecule has 0 saturated carbocycles. The predicted octanol–water partition coefficient (Wildman–Crippen LogP) is 3.11. The summed E-state index contributed by atoms with van der Waals surface area (Å²) in [7, 11) is 0. The van der Waals surface area contributed by atoms with Crippen LogP contribution in [0, 0.1) is 5.92 Å². The lowest BCUT2D eigenvalue weighted by molar-refractivity contribution is 0.317. The van der Waals surface area contributed by atoms with Crippen molar-refractivity contribution in [3.05, 3.63) is 56.8 Å². The fourth-order valence-electron chi connectivity index (χ4n) is 2.43. The van der Waals surface area contributed by atoms with Gasteiger partial charge >= 0.3 is 0 Å². The van der Waals surface area contributed by atoms with Gasteiger partial charge in [0.1, 0.15) is 0 Å². The summed E-state index contributed by atoms with van der Waals surface area (Å²) in [4.78, 5) is 7.88. The van der Waals surface area contributed by atoms with Gasteiger partial charge in [0.15, 0.2) is 0 Å². The van der Waals surface area contributed by atoms with Crippen LogP contribution in [0.25, 0.3) is 20.9 Å². The summed E-state index contributed by atoms with van der Waals surface area (Å²) >= 11 is 0. The van der Waals surface area contributed by atoms with Crippen molar-refractivity contribution in [2.24, 2.45) is 16.1 Å². The first-order chi connectivity index (χ1) is 9.33. The minimum atomic E-state index is -0.112. The molecular weight excluding hydrogens is 242 g/mol. The largest absolute Gasteiger partial charge is 0.298 e. The number of rotatable bonds is 5. The molecule has 0 bridgehead atoms. The molecule has 0 radical (unpaired) electrons. The molecule has 1 aliphatic rings. The molecule has 1 aromatic rings. The Morgan fingerprint density at radius 3 is 2.63 bits per heavy atom. The van der Waals surface area contributed by atoms with E-state index in [0.717, 1.165) is 13.1 Å². The summed E-state index contributed by atoms with van der Waals surface area (Å²) in [6, 6.07) is 10.0. The van der Waals surface area contributed by atoms with Gasteiger partial charge in [0.05, 0.1) is 6.04 Å². The number of benzene rings is 1. The zero-order valence-corrected chi connectivity index (χ0v) is 10.5. The van der Waals surface area contributed by atoms with Gasteiger partial charge < -0.3 is 0 Å². The van der Waals surface area contributed by atoms with Crippen molar-refractivity contribution in [2.45, 2.75) is 12.6 Å². The van der Waals surface area contributed by atoms with E-state index in [1.807, 2.05) is 18.2 Å². The predicted molar refractivity (Wildman–Crippen MR) is 72.2 cm³/mol. The molecular formula is C12H15N7. The minimum Gasteiger partial charge on any atom is -0.298 e. The summed E-state index contributed by atoms with van der Waals surface area (Å²) in [5, 5.41) is 7.40. The lowest BCUT2D eigenvalue weighted by Gasteiger charge is -2.15. The van der Waals surface area contributed by atoms with Crippen molar-refractivity contribution in [1.29, 1.82) is 0 Å². The van der Waals surface area contributed by atoms with Crippen LogP contribution in [-0.4, -0.2) is 30.6 Å². The third-order valence-corrected chi connectivity index (χ3v) is 3.31. The Hall–Kier alpha value is -2.20. The number of nitrogens with zero attached hydrogens (tertiary/aromatic N) is 7. The zero-order valence-electron chi connectivity index (χ0n) is 10.5. The van der Waals surface area contributed by atoms with E-state index in [1.54, 1.807) is 0 Å². The van der Waals surface area contributed by atoms with Gasteiger partial charge in [0.25, 0.3) is 0 Å². The monoisotopic (exact) mass is 257 g/mol. The molecule has 2 rings (SSSR count). The second kappa shape index (κ2) is 6.66. The summed E-state index contributed by atoms with van der Waals surface area (Å²) in [5.41, 5.74) is 18.2. The van der Waals surface area contributed by atoms with Gasteiger partial charge in [-0.3, -0.25) is 4.90 Å². The highest BCUT2D eigenvalue weighted by molar-refractivity contribution is 5.14. The molecule has 0 unspecified atom stereocenters. The first-order valence-electron chi connectivity index (χ1n) is 6.15. The molecule has 1 aliphatic heterocycles. The molecule has 1 heterocycles. The summed E-state index contributed by atoms with van der Waals surface area (Å²) in [6.45, 7) is 2.71. The molecule has 19 heavy (non-hydrogen) atoms. The lowest BCUT2D eigenvalue weighted by Crippen LogP contribution is -2.20. The van der Waals surface area contributed by atoms with Crippen LogP contribution in [0.4, 0.5) is 0 Å². The van der Waals surface area contributed by atoms with Crippen LogP contribution < -0.4 is 0 Å². The van der Waals surface area contributed by atoms with E-state index in [0.29, 0.717) is 13.1 Å². The first-order valence-corrected chi connectivity index (χ1v) is 6.15. The molecule has 1 aromatic carbocycles. The van der Waals surface area contributed by atoms with Crippen molar-refractivity contribution < 1.29 is 0 Å². The van der Waals surface area contributed by atoms with Gasteiger partial charge in [0, 0.05) is 36.0 Å². The van der Waals surface area contributed by atoms with Crippen molar-refractivity contribution in [1.82, 2.24) is 4.90 Å². The molecule has 0 amide bonds. The smallest absolute Gasteiger partial charge is 0.0543 e. The second-order valence-corrected chi connectivity index (χ2v) is 4.63. The quantitative estimate of drug-likeness (QED) is 0.451. The summed E-state index contributed by atoms with van der Waals surface area (Å²) in [5.74, 6) is 0.107. The number of azide groups is 2. The van der Waals surface area contributed by atoms with E-state index in [4.69, 9.17) is 11.1 Å². The summed E-state index contributed by atoms with van der Waals surface area (Å²) < 4.78 is 0. The zero-order chi connectivity index (χ0) is 13.5. The molecule has 0 spiro atoms. The lowest BCUT2D eigenvalue weighted by atomic mass is 10.1. The van der Waals surface area contributed by atoms with E-state index in [9.17, 15) is 0 Å². The van der Waals surface area contributed by atoms with Gasteiger partial charge in [-0.05, 0) is 22.5 Å². The van der Waals surface area contributed by atoms with Crippen LogP contribution in [0.15, 0.2) is 40.6 Å². The van der Waals surface area contributed by atoms with E-state index in [2.05, 4.69) is 37.1 Å². The van der Waals surface area contributed by atoms with Crippen molar-refractivity contribution in [2.75, 3.05) is 19.6 Å². The number of likely N-dealkylation sites (tertiary alicyclic amines) is 1. The highest BCUT2D eigenvalue weighted by atomic mass is 15.2. The number of hydrogen-bond donors (Lipinski definition) is 0. The molecule has 1 fully saturated rings. The van der Waals surface area contributed by atoms with Crippen LogP contribution in [0.5, 0.6) is 0 Å². The average Bonchev–Trinajstić information content (AvgIpc) is 2.80. The Labute approximate surface area is 111 Å². The molecule has 0 aromatic heterocycles. The standard InChI is InChI=1S/C12H15N7/c13-17-15-6-11-8-19(9-12(11)16-18-14)7-10-4-2-1-3-5-10/h1-5,11-12H,6-9H2/t11-,12+/m0/s1. The molecule has 7 heteroatoms. The van der Waals surface area contributed by atoms with Crippen molar-refractivity contribution in [3.63, 3.8) is 0 Å². The Balaban J connectivity index is 2.01. The van der Waals surface area contributed by atoms with Crippen LogP contribution in [0.2, 0.25) is 0 Å². The average molecular weight is 257 g/mol. The van der Waals surface area contributed by atoms with Crippen molar-refractivity contribution in [3.8, 4) is 0 Å². The van der Waals surface area contributed by atoms with Gasteiger partial charge in [-0.25, -0.2) is 0 Å². The highest BCUT2D eigenvalue weighted by Gasteiger charge is 2.31. The molecule has 2 atom stereocenters. The normalized spacial score (nSPS) is 22.5. The van der Waals surface area contributed by atoms with E-state index in [-0.39, 0.29) is 12.0 Å². The van der Waals surface area contributed by atoms with E-state index < -0.39 is 0 Å². The fraction of sp³-hybridized carbons (Fsp3) is 0.500. The maximum absolute atomic E-state index is 8.58. The van der Waals surface area contributed by atoms with Crippen LogP contribution in [0.3, 0.4) is 0 Å². The van der Waals surface area contributed by atoms with Crippen molar-refractivity contribution >= 4 is 0 Å². The Kier molecular flexibility index (Phi) is 4.64. The van der Waals surface area contributed by atoms with Gasteiger partial charge in [-0.2, -0.15) is 0 Å².